The third-order valence-corrected chi connectivity index (χ3v) is 3.17. The summed E-state index contributed by atoms with van der Waals surface area (Å²) in [6.07, 6.45) is 1.93. The molecule has 3 heteroatoms. The molecule has 0 aromatic heterocycles. The molecule has 0 aromatic rings. The van der Waals surface area contributed by atoms with Crippen LogP contribution < -0.4 is 0 Å². The van der Waals surface area contributed by atoms with Gasteiger partial charge in [-0.1, -0.05) is 0 Å². The summed E-state index contributed by atoms with van der Waals surface area (Å²) in [5.74, 6) is 0. The molecular formula is C10H19NO2. The van der Waals surface area contributed by atoms with Crippen molar-refractivity contribution in [1.82, 2.24) is 4.90 Å². The lowest BCUT2D eigenvalue weighted by Crippen LogP contribution is -2.50. The number of fused-ring (bicyclic) bond motifs is 2. The molecule has 76 valence electrons. The SMILES string of the molecule is CC(C)OCC12COC(CN1C)C2. The Morgan fingerprint density at radius 1 is 1.62 bits per heavy atom. The molecule has 0 saturated carbocycles. The molecule has 2 unspecified atom stereocenters. The average Bonchev–Trinajstić information content (AvgIpc) is 2.58. The Balaban J connectivity index is 1.95. The van der Waals surface area contributed by atoms with Crippen LogP contribution in [-0.4, -0.2) is 49.5 Å². The Morgan fingerprint density at radius 2 is 2.38 bits per heavy atom. The summed E-state index contributed by atoms with van der Waals surface area (Å²) in [4.78, 5) is 2.39. The molecule has 0 spiro atoms. The molecule has 0 aliphatic carbocycles. The number of morpholine rings is 1. The van der Waals surface area contributed by atoms with Crippen molar-refractivity contribution in [2.75, 3.05) is 26.8 Å². The molecule has 2 saturated heterocycles. The highest BCUT2D eigenvalue weighted by molar-refractivity contribution is 5.03. The minimum atomic E-state index is 0.189. The minimum Gasteiger partial charge on any atom is -0.377 e. The lowest BCUT2D eigenvalue weighted by atomic mass is 10.0. The van der Waals surface area contributed by atoms with E-state index in [0.29, 0.717) is 12.2 Å². The van der Waals surface area contributed by atoms with Crippen LogP contribution in [0.3, 0.4) is 0 Å². The summed E-state index contributed by atoms with van der Waals surface area (Å²) in [6.45, 7) is 6.90. The quantitative estimate of drug-likeness (QED) is 0.651. The van der Waals surface area contributed by atoms with E-state index in [1.54, 1.807) is 0 Å². The van der Waals surface area contributed by atoms with Crippen LogP contribution in [0.4, 0.5) is 0 Å². The average molecular weight is 185 g/mol. The van der Waals surface area contributed by atoms with Crippen LogP contribution >= 0.6 is 0 Å². The zero-order valence-electron chi connectivity index (χ0n) is 8.75. The van der Waals surface area contributed by atoms with E-state index in [0.717, 1.165) is 26.2 Å². The molecule has 0 N–H and O–H groups in total. The highest BCUT2D eigenvalue weighted by atomic mass is 16.5. The van der Waals surface area contributed by atoms with Crippen LogP contribution in [0, 0.1) is 0 Å². The number of hydrogen-bond donors (Lipinski definition) is 0. The van der Waals surface area contributed by atoms with Crippen molar-refractivity contribution in [3.8, 4) is 0 Å². The van der Waals surface area contributed by atoms with E-state index in [1.165, 1.54) is 0 Å². The van der Waals surface area contributed by atoms with E-state index in [4.69, 9.17) is 9.47 Å². The van der Waals surface area contributed by atoms with Crippen molar-refractivity contribution in [2.24, 2.45) is 0 Å². The van der Waals surface area contributed by atoms with Gasteiger partial charge in [-0.2, -0.15) is 0 Å². The predicted octanol–water partition coefficient (Wildman–Crippen LogP) is 0.884. The van der Waals surface area contributed by atoms with Gasteiger partial charge in [-0.05, 0) is 27.3 Å². The number of likely N-dealkylation sites (N-methyl/N-ethyl adjacent to an activating group) is 1. The van der Waals surface area contributed by atoms with Crippen LogP contribution in [0.25, 0.3) is 0 Å². The van der Waals surface area contributed by atoms with Crippen LogP contribution in [-0.2, 0) is 9.47 Å². The van der Waals surface area contributed by atoms with Gasteiger partial charge in [0.25, 0.3) is 0 Å². The minimum absolute atomic E-state index is 0.189. The summed E-state index contributed by atoms with van der Waals surface area (Å²) in [5.41, 5.74) is 0.189. The largest absolute Gasteiger partial charge is 0.377 e. The standard InChI is InChI=1S/C10H19NO2/c1-8(2)12-6-10-4-9(13-7-10)5-11(10)3/h8-9H,4-7H2,1-3H3. The third-order valence-electron chi connectivity index (χ3n) is 3.17. The zero-order valence-corrected chi connectivity index (χ0v) is 8.75. The van der Waals surface area contributed by atoms with Gasteiger partial charge in [0, 0.05) is 6.54 Å². The molecule has 0 aromatic carbocycles. The van der Waals surface area contributed by atoms with Gasteiger partial charge >= 0.3 is 0 Å². The van der Waals surface area contributed by atoms with Gasteiger partial charge in [0.2, 0.25) is 0 Å². The summed E-state index contributed by atoms with van der Waals surface area (Å²) in [7, 11) is 2.17. The Kier molecular flexibility index (Phi) is 2.34. The van der Waals surface area contributed by atoms with Crippen LogP contribution in [0.1, 0.15) is 20.3 Å². The molecule has 2 aliphatic heterocycles. The molecule has 2 aliphatic rings. The van der Waals surface area contributed by atoms with Gasteiger partial charge in [-0.3, -0.25) is 4.90 Å². The Labute approximate surface area is 80.0 Å². The first-order chi connectivity index (χ1) is 6.12. The van der Waals surface area contributed by atoms with E-state index in [2.05, 4.69) is 25.8 Å². The van der Waals surface area contributed by atoms with Crippen molar-refractivity contribution in [2.45, 2.75) is 38.0 Å². The Bertz CT molecular complexity index is 195. The maximum Gasteiger partial charge on any atom is 0.0722 e. The fourth-order valence-electron chi connectivity index (χ4n) is 2.23. The third kappa shape index (κ3) is 1.60. The van der Waals surface area contributed by atoms with Gasteiger partial charge < -0.3 is 9.47 Å². The molecular weight excluding hydrogens is 166 g/mol. The normalized spacial score (nSPS) is 39.2. The number of likely N-dealkylation sites (tertiary alicyclic amines) is 1. The van der Waals surface area contributed by atoms with Gasteiger partial charge in [-0.15, -0.1) is 0 Å². The second-order valence-electron chi connectivity index (χ2n) is 4.60. The molecule has 2 fully saturated rings. The fraction of sp³-hybridized carbons (Fsp3) is 1.00. The highest BCUT2D eigenvalue weighted by Gasteiger charge is 2.50. The maximum atomic E-state index is 5.70. The maximum absolute atomic E-state index is 5.70. The van der Waals surface area contributed by atoms with E-state index >= 15 is 0 Å². The fourth-order valence-corrected chi connectivity index (χ4v) is 2.23. The topological polar surface area (TPSA) is 21.7 Å². The van der Waals surface area contributed by atoms with Crippen molar-refractivity contribution in [3.63, 3.8) is 0 Å². The lowest BCUT2D eigenvalue weighted by Gasteiger charge is -2.35. The first-order valence-corrected chi connectivity index (χ1v) is 5.07. The lowest BCUT2D eigenvalue weighted by molar-refractivity contribution is -0.0503. The second-order valence-corrected chi connectivity index (χ2v) is 4.60. The van der Waals surface area contributed by atoms with Crippen molar-refractivity contribution >= 4 is 0 Å². The Hall–Kier alpha value is -0.120. The summed E-state index contributed by atoms with van der Waals surface area (Å²) < 4.78 is 11.3. The van der Waals surface area contributed by atoms with Crippen molar-refractivity contribution in [3.05, 3.63) is 0 Å². The van der Waals surface area contributed by atoms with E-state index in [-0.39, 0.29) is 5.54 Å². The monoisotopic (exact) mass is 185 g/mol. The first kappa shape index (κ1) is 9.44. The van der Waals surface area contributed by atoms with Crippen LogP contribution in [0.5, 0.6) is 0 Å². The van der Waals surface area contributed by atoms with Gasteiger partial charge in [0.1, 0.15) is 0 Å². The highest BCUT2D eigenvalue weighted by Crippen LogP contribution is 2.37. The molecule has 3 nitrogen and oxygen atoms in total. The number of nitrogens with zero attached hydrogens (tertiary/aromatic N) is 1. The second kappa shape index (κ2) is 3.23. The predicted molar refractivity (Wildman–Crippen MR) is 50.8 cm³/mol. The number of rotatable bonds is 3. The van der Waals surface area contributed by atoms with Crippen molar-refractivity contribution < 1.29 is 9.47 Å². The zero-order chi connectivity index (χ0) is 9.47. The molecule has 0 amide bonds. The molecule has 2 heterocycles. The van der Waals surface area contributed by atoms with Crippen LogP contribution in [0.2, 0.25) is 0 Å². The molecule has 2 atom stereocenters. The summed E-state index contributed by atoms with van der Waals surface area (Å²) in [5, 5.41) is 0. The van der Waals surface area contributed by atoms with E-state index in [1.807, 2.05) is 0 Å². The number of ether oxygens (including phenoxy) is 2. The Morgan fingerprint density at radius 3 is 2.85 bits per heavy atom. The molecule has 0 radical (unpaired) electrons. The molecule has 13 heavy (non-hydrogen) atoms. The van der Waals surface area contributed by atoms with Crippen molar-refractivity contribution in [1.29, 1.82) is 0 Å². The van der Waals surface area contributed by atoms with E-state index < -0.39 is 0 Å². The summed E-state index contributed by atoms with van der Waals surface area (Å²) >= 11 is 0. The summed E-state index contributed by atoms with van der Waals surface area (Å²) in [6, 6.07) is 0. The van der Waals surface area contributed by atoms with Gasteiger partial charge in [0.15, 0.2) is 0 Å². The first-order valence-electron chi connectivity index (χ1n) is 5.07. The van der Waals surface area contributed by atoms with E-state index in [9.17, 15) is 0 Å². The smallest absolute Gasteiger partial charge is 0.0722 e. The van der Waals surface area contributed by atoms with Gasteiger partial charge in [-0.25, -0.2) is 0 Å². The number of hydrogen-bond acceptors (Lipinski definition) is 3. The van der Waals surface area contributed by atoms with Crippen LogP contribution in [0.15, 0.2) is 0 Å². The molecule has 2 bridgehead atoms. The van der Waals surface area contributed by atoms with Gasteiger partial charge in [0.05, 0.1) is 31.0 Å². The molecule has 2 rings (SSSR count).